The number of alkyl halides is 1. The summed E-state index contributed by atoms with van der Waals surface area (Å²) < 4.78 is 41.9. The van der Waals surface area contributed by atoms with Crippen LogP contribution in [0.1, 0.15) is 64.7 Å². The van der Waals surface area contributed by atoms with Crippen LogP contribution in [0.15, 0.2) is 24.3 Å². The quantitative estimate of drug-likeness (QED) is 0.559. The minimum Gasteiger partial charge on any atom is -0.379 e. The zero-order valence-electron chi connectivity index (χ0n) is 15.9. The molecule has 0 aromatic heterocycles. The SMILES string of the molecule is CCOC1CCC(C2CCC(CCF)CC2)CC1.Fc1cccc(F)c1. The van der Waals surface area contributed by atoms with Gasteiger partial charge in [-0.3, -0.25) is 4.39 Å². The Morgan fingerprint density at radius 3 is 1.85 bits per heavy atom. The van der Waals surface area contributed by atoms with Crippen molar-refractivity contribution in [1.29, 1.82) is 0 Å². The zero-order chi connectivity index (χ0) is 18.8. The van der Waals surface area contributed by atoms with Crippen LogP contribution in [-0.2, 0) is 4.74 Å². The van der Waals surface area contributed by atoms with E-state index in [1.165, 1.54) is 69.6 Å². The summed E-state index contributed by atoms with van der Waals surface area (Å²) in [6.07, 6.45) is 11.9. The van der Waals surface area contributed by atoms with Crippen LogP contribution >= 0.6 is 0 Å². The highest BCUT2D eigenvalue weighted by molar-refractivity contribution is 5.04. The van der Waals surface area contributed by atoms with E-state index >= 15 is 0 Å². The fourth-order valence-corrected chi connectivity index (χ4v) is 4.52. The molecular weight excluding hydrogens is 337 g/mol. The van der Waals surface area contributed by atoms with Crippen molar-refractivity contribution in [2.24, 2.45) is 17.8 Å². The van der Waals surface area contributed by atoms with Gasteiger partial charge in [-0.1, -0.05) is 18.9 Å². The molecule has 26 heavy (non-hydrogen) atoms. The summed E-state index contributed by atoms with van der Waals surface area (Å²) in [6.45, 7) is 2.84. The van der Waals surface area contributed by atoms with Gasteiger partial charge in [0.05, 0.1) is 12.8 Å². The van der Waals surface area contributed by atoms with E-state index in [9.17, 15) is 13.2 Å². The van der Waals surface area contributed by atoms with Crippen molar-refractivity contribution >= 4 is 0 Å². The van der Waals surface area contributed by atoms with Crippen LogP contribution < -0.4 is 0 Å². The van der Waals surface area contributed by atoms with Gasteiger partial charge in [-0.25, -0.2) is 8.78 Å². The molecule has 0 aliphatic heterocycles. The lowest BCUT2D eigenvalue weighted by Crippen LogP contribution is -2.28. The number of hydrogen-bond donors (Lipinski definition) is 0. The standard InChI is InChI=1S/C16H29FO.C6H4F2/c1-2-18-16-9-7-15(8-10-16)14-5-3-13(4-6-14)11-12-17;7-5-2-1-3-6(8)4-5/h13-16H,2-12H2,1H3;1-4H. The Labute approximate surface area is 156 Å². The Balaban J connectivity index is 0.000000254. The third kappa shape index (κ3) is 7.30. The molecule has 2 fully saturated rings. The number of benzene rings is 1. The Morgan fingerprint density at radius 1 is 0.885 bits per heavy atom. The normalized spacial score (nSPS) is 28.9. The van der Waals surface area contributed by atoms with Crippen molar-refractivity contribution in [2.45, 2.75) is 70.8 Å². The van der Waals surface area contributed by atoms with Gasteiger partial charge in [-0.2, -0.15) is 0 Å². The largest absolute Gasteiger partial charge is 0.379 e. The van der Waals surface area contributed by atoms with E-state index in [0.717, 1.165) is 30.9 Å². The summed E-state index contributed by atoms with van der Waals surface area (Å²) in [7, 11) is 0. The molecule has 0 spiro atoms. The van der Waals surface area contributed by atoms with Crippen molar-refractivity contribution in [3.63, 3.8) is 0 Å². The first-order valence-electron chi connectivity index (χ1n) is 10.2. The van der Waals surface area contributed by atoms with Gasteiger partial charge in [0.15, 0.2) is 0 Å². The average molecular weight is 370 g/mol. The molecule has 0 heterocycles. The minimum atomic E-state index is -0.537. The van der Waals surface area contributed by atoms with Crippen molar-refractivity contribution < 1.29 is 17.9 Å². The van der Waals surface area contributed by atoms with Crippen molar-refractivity contribution in [3.8, 4) is 0 Å². The molecule has 2 aliphatic rings. The molecule has 0 unspecified atom stereocenters. The third-order valence-corrected chi connectivity index (χ3v) is 5.98. The van der Waals surface area contributed by atoms with E-state index in [0.29, 0.717) is 12.0 Å². The lowest BCUT2D eigenvalue weighted by molar-refractivity contribution is 0.0134. The maximum Gasteiger partial charge on any atom is 0.126 e. The first kappa shape index (κ1) is 21.3. The second-order valence-electron chi connectivity index (χ2n) is 7.69. The second-order valence-corrected chi connectivity index (χ2v) is 7.69. The summed E-state index contributed by atoms with van der Waals surface area (Å²) in [4.78, 5) is 0. The molecule has 2 aliphatic carbocycles. The zero-order valence-corrected chi connectivity index (χ0v) is 15.9. The lowest BCUT2D eigenvalue weighted by Gasteiger charge is -2.37. The van der Waals surface area contributed by atoms with E-state index in [1.54, 1.807) is 0 Å². The molecule has 0 saturated heterocycles. The van der Waals surface area contributed by atoms with E-state index in [4.69, 9.17) is 4.74 Å². The Hall–Kier alpha value is -1.03. The summed E-state index contributed by atoms with van der Waals surface area (Å²) in [5.74, 6) is 1.48. The van der Waals surface area contributed by atoms with Crippen molar-refractivity contribution in [2.75, 3.05) is 13.3 Å². The van der Waals surface area contributed by atoms with Gasteiger partial charge >= 0.3 is 0 Å². The van der Waals surface area contributed by atoms with E-state index in [-0.39, 0.29) is 6.67 Å². The minimum absolute atomic E-state index is 0.116. The van der Waals surface area contributed by atoms with Gasteiger partial charge in [-0.15, -0.1) is 0 Å². The molecule has 1 aromatic carbocycles. The fourth-order valence-electron chi connectivity index (χ4n) is 4.52. The maximum absolute atomic E-state index is 12.3. The van der Waals surface area contributed by atoms with Crippen LogP contribution in [0.3, 0.4) is 0 Å². The summed E-state index contributed by atoms with van der Waals surface area (Å²) in [5.41, 5.74) is 0. The summed E-state index contributed by atoms with van der Waals surface area (Å²) >= 11 is 0. The molecule has 2 saturated carbocycles. The lowest BCUT2D eigenvalue weighted by atomic mass is 9.70. The molecule has 0 bridgehead atoms. The third-order valence-electron chi connectivity index (χ3n) is 5.98. The molecule has 1 nitrogen and oxygen atoms in total. The van der Waals surface area contributed by atoms with Crippen molar-refractivity contribution in [1.82, 2.24) is 0 Å². The predicted molar refractivity (Wildman–Crippen MR) is 99.8 cm³/mol. The Bertz CT molecular complexity index is 451. The Morgan fingerprint density at radius 2 is 1.42 bits per heavy atom. The number of rotatable bonds is 5. The number of ether oxygens (including phenoxy) is 1. The summed E-state index contributed by atoms with van der Waals surface area (Å²) in [5, 5.41) is 0. The number of halogens is 3. The highest BCUT2D eigenvalue weighted by Gasteiger charge is 2.30. The monoisotopic (exact) mass is 370 g/mol. The van der Waals surface area contributed by atoms with Gasteiger partial charge in [0.25, 0.3) is 0 Å². The number of hydrogen-bond acceptors (Lipinski definition) is 1. The first-order valence-corrected chi connectivity index (χ1v) is 10.2. The van der Waals surface area contributed by atoms with Crippen LogP contribution in [0.2, 0.25) is 0 Å². The molecule has 3 rings (SSSR count). The van der Waals surface area contributed by atoms with Gasteiger partial charge in [0, 0.05) is 12.7 Å². The van der Waals surface area contributed by atoms with Gasteiger partial charge in [-0.05, 0) is 81.8 Å². The molecular formula is C22H33F3O. The van der Waals surface area contributed by atoms with E-state index < -0.39 is 11.6 Å². The molecule has 0 radical (unpaired) electrons. The van der Waals surface area contributed by atoms with Crippen molar-refractivity contribution in [3.05, 3.63) is 35.9 Å². The second kappa shape index (κ2) is 11.6. The van der Waals surface area contributed by atoms with Crippen LogP contribution in [-0.4, -0.2) is 19.4 Å². The average Bonchev–Trinajstić information content (AvgIpc) is 2.64. The van der Waals surface area contributed by atoms with Crippen LogP contribution in [0.25, 0.3) is 0 Å². The topological polar surface area (TPSA) is 9.23 Å². The molecule has 148 valence electrons. The van der Waals surface area contributed by atoms with E-state index in [2.05, 4.69) is 6.92 Å². The summed E-state index contributed by atoms with van der Waals surface area (Å²) in [6, 6.07) is 4.55. The molecule has 0 N–H and O–H groups in total. The Kier molecular flexibility index (Phi) is 9.52. The highest BCUT2D eigenvalue weighted by Crippen LogP contribution is 2.41. The highest BCUT2D eigenvalue weighted by atomic mass is 19.1. The smallest absolute Gasteiger partial charge is 0.126 e. The van der Waals surface area contributed by atoms with Gasteiger partial charge < -0.3 is 4.74 Å². The maximum atomic E-state index is 12.3. The van der Waals surface area contributed by atoms with Crippen LogP contribution in [0.4, 0.5) is 13.2 Å². The molecule has 0 amide bonds. The van der Waals surface area contributed by atoms with Crippen LogP contribution in [0.5, 0.6) is 0 Å². The first-order chi connectivity index (χ1) is 12.6. The fraction of sp³-hybridized carbons (Fsp3) is 0.727. The molecule has 0 atom stereocenters. The predicted octanol–water partition coefficient (Wildman–Crippen LogP) is 6.71. The van der Waals surface area contributed by atoms with E-state index in [1.807, 2.05) is 0 Å². The van der Waals surface area contributed by atoms with Gasteiger partial charge in [0.2, 0.25) is 0 Å². The molecule has 4 heteroatoms. The molecule has 1 aromatic rings. The van der Waals surface area contributed by atoms with Crippen LogP contribution in [0, 0.1) is 29.4 Å². The van der Waals surface area contributed by atoms with Gasteiger partial charge in [0.1, 0.15) is 11.6 Å².